The molecular formula is C16H26O2. The van der Waals surface area contributed by atoms with Crippen molar-refractivity contribution in [1.29, 1.82) is 0 Å². The Morgan fingerprint density at radius 3 is 2.50 bits per heavy atom. The minimum absolute atomic E-state index is 0.214. The summed E-state index contributed by atoms with van der Waals surface area (Å²) in [5.41, 5.74) is 2.49. The lowest BCUT2D eigenvalue weighted by Gasteiger charge is -2.14. The van der Waals surface area contributed by atoms with Crippen LogP contribution in [0.5, 0.6) is 0 Å². The predicted molar refractivity (Wildman–Crippen MR) is 77.4 cm³/mol. The van der Waals surface area contributed by atoms with Crippen LogP contribution in [-0.2, 0) is 9.53 Å². The second-order valence-corrected chi connectivity index (χ2v) is 4.79. The smallest absolute Gasteiger partial charge is 0.302 e. The van der Waals surface area contributed by atoms with E-state index in [4.69, 9.17) is 4.74 Å². The zero-order valence-electron chi connectivity index (χ0n) is 12.0. The largest absolute Gasteiger partial charge is 0.466 e. The molecule has 1 unspecified atom stereocenters. The summed E-state index contributed by atoms with van der Waals surface area (Å²) in [6.45, 7) is 13.9. The van der Waals surface area contributed by atoms with Crippen LogP contribution in [0.15, 0.2) is 36.5 Å². The molecule has 2 nitrogen and oxygen atoms in total. The third-order valence-electron chi connectivity index (χ3n) is 2.97. The van der Waals surface area contributed by atoms with Crippen LogP contribution in [0.3, 0.4) is 0 Å². The molecule has 0 aliphatic heterocycles. The van der Waals surface area contributed by atoms with Gasteiger partial charge in [-0.3, -0.25) is 4.79 Å². The molecule has 0 aromatic carbocycles. The lowest BCUT2D eigenvalue weighted by atomic mass is 9.92. The van der Waals surface area contributed by atoms with Crippen LogP contribution in [0.1, 0.15) is 46.5 Å². The van der Waals surface area contributed by atoms with Crippen molar-refractivity contribution in [1.82, 2.24) is 0 Å². The van der Waals surface area contributed by atoms with Crippen molar-refractivity contribution < 1.29 is 9.53 Å². The maximum atomic E-state index is 10.6. The fourth-order valence-corrected chi connectivity index (χ4v) is 1.69. The van der Waals surface area contributed by atoms with E-state index in [0.29, 0.717) is 12.5 Å². The van der Waals surface area contributed by atoms with Gasteiger partial charge in [0.15, 0.2) is 0 Å². The number of allylic oxidation sites excluding steroid dienone is 3. The van der Waals surface area contributed by atoms with Crippen molar-refractivity contribution in [3.63, 3.8) is 0 Å². The molecule has 0 amide bonds. The number of hydrogen-bond acceptors (Lipinski definition) is 2. The molecule has 0 aromatic heterocycles. The predicted octanol–water partition coefficient (Wildman–Crippen LogP) is 4.43. The third kappa shape index (κ3) is 8.80. The molecule has 1 atom stereocenters. The van der Waals surface area contributed by atoms with Gasteiger partial charge in [0.2, 0.25) is 0 Å². The molecular weight excluding hydrogens is 224 g/mol. The van der Waals surface area contributed by atoms with E-state index in [1.807, 2.05) is 6.08 Å². The van der Waals surface area contributed by atoms with Gasteiger partial charge in [-0.05, 0) is 39.0 Å². The quantitative estimate of drug-likeness (QED) is 0.447. The highest BCUT2D eigenvalue weighted by Gasteiger charge is 2.07. The molecule has 0 aliphatic carbocycles. The Kier molecular flexibility index (Phi) is 8.99. The van der Waals surface area contributed by atoms with Gasteiger partial charge in [0.1, 0.15) is 0 Å². The Hall–Kier alpha value is -1.31. The Balaban J connectivity index is 4.09. The van der Waals surface area contributed by atoms with Crippen LogP contribution in [0, 0.1) is 5.92 Å². The summed E-state index contributed by atoms with van der Waals surface area (Å²) in [5, 5.41) is 0. The molecule has 0 rings (SSSR count). The number of hydrogen-bond donors (Lipinski definition) is 0. The van der Waals surface area contributed by atoms with Gasteiger partial charge in [0, 0.05) is 13.3 Å². The Labute approximate surface area is 111 Å². The number of esters is 1. The highest BCUT2D eigenvalue weighted by atomic mass is 16.5. The third-order valence-corrected chi connectivity index (χ3v) is 2.97. The molecule has 102 valence electrons. The Morgan fingerprint density at radius 2 is 2.00 bits per heavy atom. The van der Waals surface area contributed by atoms with E-state index < -0.39 is 0 Å². The average molecular weight is 250 g/mol. The first-order valence-electron chi connectivity index (χ1n) is 6.52. The zero-order valence-corrected chi connectivity index (χ0v) is 12.0. The van der Waals surface area contributed by atoms with Crippen LogP contribution in [0.25, 0.3) is 0 Å². The van der Waals surface area contributed by atoms with E-state index in [0.717, 1.165) is 25.7 Å². The van der Waals surface area contributed by atoms with Gasteiger partial charge < -0.3 is 4.74 Å². The highest BCUT2D eigenvalue weighted by molar-refractivity contribution is 5.65. The minimum atomic E-state index is -0.214. The van der Waals surface area contributed by atoms with Gasteiger partial charge in [-0.15, -0.1) is 6.58 Å². The standard InChI is InChI=1S/C16H26O2/c1-6-7-8-16(13(2)3)10-9-14(4)11-12-18-15(5)17/h6,9,16H,1-2,7-8,10-12H2,3-5H3/b14-9-. The molecule has 2 heteroatoms. The molecule has 0 saturated heterocycles. The van der Waals surface area contributed by atoms with Crippen LogP contribution < -0.4 is 0 Å². The number of rotatable bonds is 9. The molecule has 0 saturated carbocycles. The van der Waals surface area contributed by atoms with Crippen LogP contribution in [-0.4, -0.2) is 12.6 Å². The lowest BCUT2D eigenvalue weighted by molar-refractivity contribution is -0.140. The first-order valence-corrected chi connectivity index (χ1v) is 6.52. The summed E-state index contributed by atoms with van der Waals surface area (Å²) < 4.78 is 4.92. The molecule has 0 radical (unpaired) electrons. The summed E-state index contributed by atoms with van der Waals surface area (Å²) in [6, 6.07) is 0. The summed E-state index contributed by atoms with van der Waals surface area (Å²) in [5.74, 6) is 0.306. The summed E-state index contributed by atoms with van der Waals surface area (Å²) in [4.78, 5) is 10.6. The van der Waals surface area contributed by atoms with Crippen molar-refractivity contribution in [2.24, 2.45) is 5.92 Å². The lowest BCUT2D eigenvalue weighted by Crippen LogP contribution is -2.02. The highest BCUT2D eigenvalue weighted by Crippen LogP contribution is 2.21. The van der Waals surface area contributed by atoms with Crippen molar-refractivity contribution in [3.05, 3.63) is 36.5 Å². The molecule has 18 heavy (non-hydrogen) atoms. The molecule has 0 spiro atoms. The van der Waals surface area contributed by atoms with Crippen molar-refractivity contribution in [3.8, 4) is 0 Å². The summed E-state index contributed by atoms with van der Waals surface area (Å²) in [7, 11) is 0. The maximum Gasteiger partial charge on any atom is 0.302 e. The maximum absolute atomic E-state index is 10.6. The summed E-state index contributed by atoms with van der Waals surface area (Å²) >= 11 is 0. The average Bonchev–Trinajstić information content (AvgIpc) is 2.28. The van der Waals surface area contributed by atoms with E-state index in [1.54, 1.807) is 0 Å². The normalized spacial score (nSPS) is 12.9. The van der Waals surface area contributed by atoms with E-state index in [1.165, 1.54) is 18.1 Å². The monoisotopic (exact) mass is 250 g/mol. The van der Waals surface area contributed by atoms with E-state index in [2.05, 4.69) is 33.1 Å². The first-order chi connectivity index (χ1) is 8.47. The molecule has 0 aliphatic rings. The van der Waals surface area contributed by atoms with Gasteiger partial charge in [-0.2, -0.15) is 0 Å². The van der Waals surface area contributed by atoms with E-state index >= 15 is 0 Å². The molecule has 0 bridgehead atoms. The van der Waals surface area contributed by atoms with Crippen molar-refractivity contribution >= 4 is 5.97 Å². The van der Waals surface area contributed by atoms with Gasteiger partial charge >= 0.3 is 5.97 Å². The van der Waals surface area contributed by atoms with E-state index in [-0.39, 0.29) is 5.97 Å². The second-order valence-electron chi connectivity index (χ2n) is 4.79. The van der Waals surface area contributed by atoms with Crippen LogP contribution in [0.4, 0.5) is 0 Å². The van der Waals surface area contributed by atoms with E-state index in [9.17, 15) is 4.79 Å². The Morgan fingerprint density at radius 1 is 1.33 bits per heavy atom. The topological polar surface area (TPSA) is 26.3 Å². The van der Waals surface area contributed by atoms with Crippen molar-refractivity contribution in [2.45, 2.75) is 46.5 Å². The number of carbonyl (C=O) groups excluding carboxylic acids is 1. The van der Waals surface area contributed by atoms with Crippen LogP contribution in [0.2, 0.25) is 0 Å². The molecule has 0 N–H and O–H groups in total. The fraction of sp³-hybridized carbons (Fsp3) is 0.562. The minimum Gasteiger partial charge on any atom is -0.466 e. The van der Waals surface area contributed by atoms with Gasteiger partial charge in [-0.1, -0.05) is 29.9 Å². The van der Waals surface area contributed by atoms with Gasteiger partial charge in [-0.25, -0.2) is 0 Å². The van der Waals surface area contributed by atoms with Crippen molar-refractivity contribution in [2.75, 3.05) is 6.61 Å². The summed E-state index contributed by atoms with van der Waals surface area (Å²) in [6.07, 6.45) is 8.13. The fourth-order valence-electron chi connectivity index (χ4n) is 1.69. The molecule has 0 heterocycles. The number of carbonyl (C=O) groups is 1. The second kappa shape index (κ2) is 9.69. The SMILES string of the molecule is C=CCCC(C/C=C(/C)CCOC(C)=O)C(=C)C. The molecule has 0 fully saturated rings. The molecule has 0 aromatic rings. The zero-order chi connectivity index (χ0) is 14.0. The first kappa shape index (κ1) is 16.7. The van der Waals surface area contributed by atoms with Crippen LogP contribution >= 0.6 is 0 Å². The van der Waals surface area contributed by atoms with Gasteiger partial charge in [0.05, 0.1) is 6.61 Å². The number of ether oxygens (including phenoxy) is 1. The van der Waals surface area contributed by atoms with Gasteiger partial charge in [0.25, 0.3) is 0 Å². The Bertz CT molecular complexity index is 313.